The molecule has 2 aromatic rings. The van der Waals surface area contributed by atoms with Gasteiger partial charge < -0.3 is 14.4 Å². The standard InChI is InChI=1S/C25H33N3O5S/c1-19-7-3-4-13-28(19)34(30,31)24-15-21(10-11-23(24)32-2)25(29)27(18-22-9-6-14-33-22)17-20-8-5-12-26-16-20/h5,8,10-12,15-16,19,22H,3-4,6-7,9,13-14,17-18H2,1-2H3. The Bertz CT molecular complexity index is 1090. The lowest BCUT2D eigenvalue weighted by Crippen LogP contribution is -2.42. The summed E-state index contributed by atoms with van der Waals surface area (Å²) in [5.74, 6) is -0.00240. The number of amides is 1. The number of aromatic nitrogens is 1. The van der Waals surface area contributed by atoms with Crippen molar-refractivity contribution in [2.75, 3.05) is 26.8 Å². The fourth-order valence-electron chi connectivity index (χ4n) is 4.71. The summed E-state index contributed by atoms with van der Waals surface area (Å²) in [4.78, 5) is 19.6. The van der Waals surface area contributed by atoms with Crippen molar-refractivity contribution in [3.63, 3.8) is 0 Å². The van der Waals surface area contributed by atoms with Crippen LogP contribution in [0.15, 0.2) is 47.6 Å². The van der Waals surface area contributed by atoms with Gasteiger partial charge in [0.05, 0.1) is 13.2 Å². The van der Waals surface area contributed by atoms with Crippen molar-refractivity contribution in [1.29, 1.82) is 0 Å². The molecule has 2 atom stereocenters. The summed E-state index contributed by atoms with van der Waals surface area (Å²) in [6.45, 7) is 3.89. The lowest BCUT2D eigenvalue weighted by atomic mass is 10.1. The first kappa shape index (κ1) is 24.6. The second-order valence-electron chi connectivity index (χ2n) is 9.01. The third kappa shape index (κ3) is 5.42. The Kier molecular flexibility index (Phi) is 7.85. The van der Waals surface area contributed by atoms with E-state index >= 15 is 0 Å². The van der Waals surface area contributed by atoms with E-state index in [1.807, 2.05) is 19.1 Å². The predicted molar refractivity (Wildman–Crippen MR) is 128 cm³/mol. The first-order valence-corrected chi connectivity index (χ1v) is 13.3. The van der Waals surface area contributed by atoms with Gasteiger partial charge in [0.1, 0.15) is 10.6 Å². The van der Waals surface area contributed by atoms with Crippen LogP contribution < -0.4 is 4.74 Å². The van der Waals surface area contributed by atoms with E-state index in [0.29, 0.717) is 31.8 Å². The molecule has 1 aromatic carbocycles. The molecule has 2 aliphatic heterocycles. The summed E-state index contributed by atoms with van der Waals surface area (Å²) < 4.78 is 39.9. The van der Waals surface area contributed by atoms with E-state index in [4.69, 9.17) is 9.47 Å². The second-order valence-corrected chi connectivity index (χ2v) is 10.9. The van der Waals surface area contributed by atoms with Crippen LogP contribution in [-0.4, -0.2) is 67.5 Å². The molecule has 1 amide bonds. The van der Waals surface area contributed by atoms with Crippen molar-refractivity contribution in [2.45, 2.75) is 62.6 Å². The maximum atomic E-state index is 13.7. The number of sulfonamides is 1. The molecule has 2 unspecified atom stereocenters. The van der Waals surface area contributed by atoms with E-state index < -0.39 is 10.0 Å². The number of methoxy groups -OCH3 is 1. The van der Waals surface area contributed by atoms with Gasteiger partial charge in [-0.15, -0.1) is 0 Å². The van der Waals surface area contributed by atoms with Crippen molar-refractivity contribution in [3.8, 4) is 5.75 Å². The number of pyridine rings is 1. The highest BCUT2D eigenvalue weighted by Crippen LogP contribution is 2.32. The first-order valence-electron chi connectivity index (χ1n) is 11.9. The van der Waals surface area contributed by atoms with E-state index in [9.17, 15) is 13.2 Å². The van der Waals surface area contributed by atoms with Crippen LogP contribution in [0.3, 0.4) is 0 Å². The number of rotatable bonds is 8. The monoisotopic (exact) mass is 487 g/mol. The molecule has 0 bridgehead atoms. The Morgan fingerprint density at radius 1 is 1.24 bits per heavy atom. The van der Waals surface area contributed by atoms with Gasteiger partial charge in [-0.2, -0.15) is 4.31 Å². The SMILES string of the molecule is COc1ccc(C(=O)N(Cc2cccnc2)CC2CCCO2)cc1S(=O)(=O)N1CCCCC1C. The molecule has 0 aliphatic carbocycles. The van der Waals surface area contributed by atoms with E-state index in [2.05, 4.69) is 4.98 Å². The van der Waals surface area contributed by atoms with Gasteiger partial charge in [-0.05, 0) is 62.4 Å². The molecule has 2 fully saturated rings. The zero-order chi connectivity index (χ0) is 24.1. The molecule has 1 aromatic heterocycles. The minimum Gasteiger partial charge on any atom is -0.495 e. The number of ether oxygens (including phenoxy) is 2. The molecule has 8 nitrogen and oxygen atoms in total. The Morgan fingerprint density at radius 2 is 2.09 bits per heavy atom. The summed E-state index contributed by atoms with van der Waals surface area (Å²) in [6, 6.07) is 8.33. The van der Waals surface area contributed by atoms with Crippen molar-refractivity contribution < 1.29 is 22.7 Å². The Hall–Kier alpha value is -2.49. The first-order chi connectivity index (χ1) is 16.4. The molecule has 4 rings (SSSR count). The summed E-state index contributed by atoms with van der Waals surface area (Å²) >= 11 is 0. The number of hydrogen-bond acceptors (Lipinski definition) is 6. The third-order valence-corrected chi connectivity index (χ3v) is 8.61. The molecule has 0 spiro atoms. The molecular weight excluding hydrogens is 454 g/mol. The summed E-state index contributed by atoms with van der Waals surface area (Å²) in [5, 5.41) is 0. The Morgan fingerprint density at radius 3 is 2.76 bits per heavy atom. The van der Waals surface area contributed by atoms with E-state index in [0.717, 1.165) is 37.7 Å². The van der Waals surface area contributed by atoms with Crippen LogP contribution >= 0.6 is 0 Å². The number of hydrogen-bond donors (Lipinski definition) is 0. The normalized spacial score (nSPS) is 21.4. The molecule has 34 heavy (non-hydrogen) atoms. The quantitative estimate of drug-likeness (QED) is 0.567. The highest BCUT2D eigenvalue weighted by Gasteiger charge is 2.34. The minimum atomic E-state index is -3.81. The molecule has 0 saturated carbocycles. The van der Waals surface area contributed by atoms with E-state index in [-0.39, 0.29) is 28.7 Å². The van der Waals surface area contributed by atoms with Crippen molar-refractivity contribution >= 4 is 15.9 Å². The van der Waals surface area contributed by atoms with E-state index in [1.165, 1.54) is 17.5 Å². The van der Waals surface area contributed by atoms with Crippen molar-refractivity contribution in [2.24, 2.45) is 0 Å². The summed E-state index contributed by atoms with van der Waals surface area (Å²) in [7, 11) is -2.37. The molecular formula is C25H33N3O5S. The number of carbonyl (C=O) groups excluding carboxylic acids is 1. The average molecular weight is 488 g/mol. The number of piperidine rings is 1. The van der Waals surface area contributed by atoms with Crippen LogP contribution in [0.5, 0.6) is 5.75 Å². The maximum Gasteiger partial charge on any atom is 0.254 e. The molecule has 3 heterocycles. The Labute approximate surface area is 201 Å². The van der Waals surface area contributed by atoms with Crippen molar-refractivity contribution in [1.82, 2.24) is 14.2 Å². The minimum absolute atomic E-state index is 0.0312. The molecule has 184 valence electrons. The van der Waals surface area contributed by atoms with Crippen LogP contribution in [0.2, 0.25) is 0 Å². The zero-order valence-corrected chi connectivity index (χ0v) is 20.7. The van der Waals surface area contributed by atoms with Crippen LogP contribution in [0.4, 0.5) is 0 Å². The molecule has 2 saturated heterocycles. The smallest absolute Gasteiger partial charge is 0.254 e. The topological polar surface area (TPSA) is 89.0 Å². The summed E-state index contributed by atoms with van der Waals surface area (Å²) in [5.41, 5.74) is 1.21. The molecule has 0 radical (unpaired) electrons. The van der Waals surface area contributed by atoms with Gasteiger partial charge in [-0.3, -0.25) is 9.78 Å². The van der Waals surface area contributed by atoms with Crippen LogP contribution in [-0.2, 0) is 21.3 Å². The van der Waals surface area contributed by atoms with Crippen LogP contribution in [0, 0.1) is 0 Å². The van der Waals surface area contributed by atoms with Crippen LogP contribution in [0.1, 0.15) is 54.9 Å². The number of nitrogens with zero attached hydrogens (tertiary/aromatic N) is 3. The molecule has 0 N–H and O–H groups in total. The lowest BCUT2D eigenvalue weighted by molar-refractivity contribution is 0.0507. The lowest BCUT2D eigenvalue weighted by Gasteiger charge is -2.32. The highest BCUT2D eigenvalue weighted by molar-refractivity contribution is 7.89. The highest BCUT2D eigenvalue weighted by atomic mass is 32.2. The van der Waals surface area contributed by atoms with Gasteiger partial charge in [0.25, 0.3) is 5.91 Å². The van der Waals surface area contributed by atoms with Crippen LogP contribution in [0.25, 0.3) is 0 Å². The molecule has 2 aliphatic rings. The number of benzene rings is 1. The predicted octanol–water partition coefficient (Wildman–Crippen LogP) is 3.47. The Balaban J connectivity index is 1.66. The van der Waals surface area contributed by atoms with E-state index in [1.54, 1.807) is 29.4 Å². The van der Waals surface area contributed by atoms with Gasteiger partial charge in [0.15, 0.2) is 0 Å². The average Bonchev–Trinajstić information content (AvgIpc) is 3.37. The maximum absolute atomic E-state index is 13.7. The largest absolute Gasteiger partial charge is 0.495 e. The fourth-order valence-corrected chi connectivity index (χ4v) is 6.60. The van der Waals surface area contributed by atoms with Gasteiger partial charge >= 0.3 is 0 Å². The van der Waals surface area contributed by atoms with Gasteiger partial charge in [0.2, 0.25) is 10.0 Å². The summed E-state index contributed by atoms with van der Waals surface area (Å²) in [6.07, 6.45) is 7.91. The van der Waals surface area contributed by atoms with Crippen molar-refractivity contribution in [3.05, 3.63) is 53.9 Å². The number of carbonyl (C=O) groups is 1. The zero-order valence-electron chi connectivity index (χ0n) is 19.9. The second kappa shape index (κ2) is 10.8. The third-order valence-electron chi connectivity index (χ3n) is 6.57. The van der Waals surface area contributed by atoms with Gasteiger partial charge in [0, 0.05) is 50.2 Å². The fraction of sp³-hybridized carbons (Fsp3) is 0.520. The molecule has 9 heteroatoms. The van der Waals surface area contributed by atoms with Gasteiger partial charge in [-0.25, -0.2) is 8.42 Å². The van der Waals surface area contributed by atoms with Gasteiger partial charge in [-0.1, -0.05) is 12.5 Å².